The van der Waals surface area contributed by atoms with E-state index in [9.17, 15) is 14.4 Å². The van der Waals surface area contributed by atoms with Gasteiger partial charge in [-0.1, -0.05) is 42.5 Å². The third-order valence-electron chi connectivity index (χ3n) is 4.64. The minimum absolute atomic E-state index is 0.0130. The second kappa shape index (κ2) is 12.4. The summed E-state index contributed by atoms with van der Waals surface area (Å²) in [4.78, 5) is 37.3. The minimum Gasteiger partial charge on any atom is -0.352 e. The van der Waals surface area contributed by atoms with Crippen molar-refractivity contribution in [2.75, 3.05) is 0 Å². The van der Waals surface area contributed by atoms with Gasteiger partial charge in [0.15, 0.2) is 0 Å². The van der Waals surface area contributed by atoms with Crippen LogP contribution in [-0.4, -0.2) is 35.3 Å². The Labute approximate surface area is 206 Å². The van der Waals surface area contributed by atoms with Gasteiger partial charge in [-0.3, -0.25) is 14.4 Å². The topological polar surface area (TPSA) is 99.3 Å². The Morgan fingerprint density at radius 2 is 1.69 bits per heavy atom. The average molecular weight is 570 g/mol. The molecule has 0 aliphatic rings. The van der Waals surface area contributed by atoms with E-state index in [-0.39, 0.29) is 42.1 Å². The van der Waals surface area contributed by atoms with Crippen molar-refractivity contribution < 1.29 is 14.4 Å². The number of halogens is 1. The van der Waals surface area contributed by atoms with Crippen LogP contribution >= 0.6 is 30.3 Å². The van der Waals surface area contributed by atoms with Gasteiger partial charge in [-0.15, -0.1) is 0 Å². The fourth-order valence-corrected chi connectivity index (χ4v) is 4.50. The highest BCUT2D eigenvalue weighted by molar-refractivity contribution is 14.2. The molecule has 7 nitrogen and oxygen atoms in total. The summed E-state index contributed by atoms with van der Waals surface area (Å²) >= 11 is 2.02. The maximum absolute atomic E-state index is 12.6. The summed E-state index contributed by atoms with van der Waals surface area (Å²) in [6.45, 7) is 7.86. The molecule has 2 atom stereocenters. The van der Waals surface area contributed by atoms with Crippen LogP contribution in [-0.2, 0) is 20.9 Å². The van der Waals surface area contributed by atoms with Crippen molar-refractivity contribution in [3.05, 3.63) is 48.0 Å². The Bertz CT molecular complexity index is 943. The van der Waals surface area contributed by atoms with Gasteiger partial charge in [0.1, 0.15) is 6.04 Å². The summed E-state index contributed by atoms with van der Waals surface area (Å²) < 4.78 is 2.95. The normalized spacial score (nSPS) is 13.3. The molecule has 0 saturated heterocycles. The van der Waals surface area contributed by atoms with E-state index in [4.69, 9.17) is 0 Å². The summed E-state index contributed by atoms with van der Waals surface area (Å²) in [5, 5.41) is 10.9. The molecule has 0 aromatic heterocycles. The highest BCUT2D eigenvalue weighted by Crippen LogP contribution is 2.18. The van der Waals surface area contributed by atoms with Crippen LogP contribution < -0.4 is 20.7 Å². The lowest BCUT2D eigenvalue weighted by molar-refractivity contribution is -0.129. The van der Waals surface area contributed by atoms with Crippen LogP contribution in [0.25, 0.3) is 10.8 Å². The van der Waals surface area contributed by atoms with Gasteiger partial charge in [-0.05, 0) is 53.2 Å². The molecule has 0 aliphatic carbocycles. The third-order valence-corrected chi connectivity index (χ3v) is 5.78. The van der Waals surface area contributed by atoms with Crippen molar-refractivity contribution in [3.63, 3.8) is 0 Å². The van der Waals surface area contributed by atoms with Gasteiger partial charge < -0.3 is 16.0 Å². The second-order valence-electron chi connectivity index (χ2n) is 8.78. The second-order valence-corrected chi connectivity index (χ2v) is 10.5. The zero-order valence-electron chi connectivity index (χ0n) is 18.8. The van der Waals surface area contributed by atoms with Crippen LogP contribution in [0.3, 0.4) is 0 Å². The molecule has 0 saturated carbocycles. The smallest absolute Gasteiger partial charge is 0.238 e. The molecule has 4 N–H and O–H groups in total. The van der Waals surface area contributed by atoms with E-state index in [1.54, 1.807) is 6.92 Å². The molecular weight excluding hydrogens is 539 g/mol. The molecule has 0 bridgehead atoms. The Kier molecular flexibility index (Phi) is 10.2. The molecule has 0 unspecified atom stereocenters. The minimum atomic E-state index is -0.694. The van der Waals surface area contributed by atoms with E-state index in [2.05, 4.69) is 20.7 Å². The number of amides is 3. The first-order chi connectivity index (χ1) is 15.1. The van der Waals surface area contributed by atoms with Crippen molar-refractivity contribution in [2.24, 2.45) is 0 Å². The molecule has 3 amide bonds. The molecule has 2 rings (SSSR count). The number of fused-ring (bicyclic) bond motifs is 1. The molecule has 32 heavy (non-hydrogen) atoms. The molecule has 2 aromatic rings. The van der Waals surface area contributed by atoms with Gasteiger partial charge in [-0.25, -0.2) is 4.72 Å². The Balaban J connectivity index is 1.86. The molecular formula is C23H31IN4O3S. The predicted octanol–water partition coefficient (Wildman–Crippen LogP) is 3.61. The van der Waals surface area contributed by atoms with E-state index in [1.807, 2.05) is 84.4 Å². The lowest BCUT2D eigenvalue weighted by Crippen LogP contribution is -2.49. The van der Waals surface area contributed by atoms with Gasteiger partial charge in [0.25, 0.3) is 0 Å². The molecule has 0 heterocycles. The van der Waals surface area contributed by atoms with Crippen molar-refractivity contribution in [3.8, 4) is 0 Å². The lowest BCUT2D eigenvalue weighted by atomic mass is 10.0. The molecule has 0 radical (unpaired) electrons. The Morgan fingerprint density at radius 3 is 2.38 bits per heavy atom. The van der Waals surface area contributed by atoms with Crippen LogP contribution in [0.15, 0.2) is 42.5 Å². The Morgan fingerprint density at radius 1 is 1.00 bits per heavy atom. The summed E-state index contributed by atoms with van der Waals surface area (Å²) in [5.74, 6) is -0.673. The first-order valence-corrected chi connectivity index (χ1v) is 13.8. The molecule has 0 aliphatic heterocycles. The van der Waals surface area contributed by atoms with Crippen molar-refractivity contribution in [1.29, 1.82) is 0 Å². The van der Waals surface area contributed by atoms with Gasteiger partial charge in [-0.2, -0.15) is 0 Å². The summed E-state index contributed by atoms with van der Waals surface area (Å²) in [5.41, 5.74) is 0.673. The summed E-state index contributed by atoms with van der Waals surface area (Å²) in [6, 6.07) is 13.0. The van der Waals surface area contributed by atoms with Gasteiger partial charge in [0, 0.05) is 45.8 Å². The maximum atomic E-state index is 12.6. The van der Waals surface area contributed by atoms with E-state index in [0.29, 0.717) is 6.54 Å². The van der Waals surface area contributed by atoms with Crippen LogP contribution in [0, 0.1) is 0 Å². The first kappa shape index (κ1) is 26.4. The van der Waals surface area contributed by atoms with Crippen molar-refractivity contribution >= 4 is 58.8 Å². The van der Waals surface area contributed by atoms with Gasteiger partial charge in [0.2, 0.25) is 17.7 Å². The van der Waals surface area contributed by atoms with Crippen LogP contribution in [0.1, 0.15) is 46.1 Å². The summed E-state index contributed by atoms with van der Waals surface area (Å²) in [7, 11) is 1.25. The van der Waals surface area contributed by atoms with Crippen LogP contribution in [0.2, 0.25) is 0 Å². The fraction of sp³-hybridized carbons (Fsp3) is 0.435. The van der Waals surface area contributed by atoms with Crippen molar-refractivity contribution in [1.82, 2.24) is 20.7 Å². The quantitative estimate of drug-likeness (QED) is 0.259. The van der Waals surface area contributed by atoms with Crippen LogP contribution in [0.4, 0.5) is 0 Å². The monoisotopic (exact) mass is 570 g/mol. The number of carbonyl (C=O) groups excluding carboxylic acids is 3. The van der Waals surface area contributed by atoms with E-state index in [0.717, 1.165) is 16.3 Å². The maximum Gasteiger partial charge on any atom is 0.238 e. The first-order valence-electron chi connectivity index (χ1n) is 10.5. The predicted molar refractivity (Wildman–Crippen MR) is 139 cm³/mol. The van der Waals surface area contributed by atoms with Crippen LogP contribution in [0.5, 0.6) is 0 Å². The average Bonchev–Trinajstić information content (AvgIpc) is 2.70. The van der Waals surface area contributed by atoms with E-state index >= 15 is 0 Å². The fourth-order valence-electron chi connectivity index (χ4n) is 3.28. The molecule has 0 spiro atoms. The third kappa shape index (κ3) is 8.95. The standard InChI is InChI=1S/C23H31IN4O3S/c1-15(26-22(31)19(28-32-24)13-21(30)27-23(2,3)4)12-20(29)25-14-17-10-7-9-16-8-5-6-11-18(16)17/h5-11,15,19,28H,12-14H2,1-4H3,(H,25,29)(H,26,31)(H,27,30)/t15-,19-/m0/s1. The highest BCUT2D eigenvalue weighted by Gasteiger charge is 2.25. The molecule has 0 fully saturated rings. The SMILES string of the molecule is C[C@@H](CC(=O)NCc1cccc2ccccc12)NC(=O)[C@H](CC(=O)NC(C)(C)C)NSI. The Hall–Kier alpha value is -1.85. The zero-order valence-corrected chi connectivity index (χ0v) is 21.8. The highest BCUT2D eigenvalue weighted by atomic mass is 127. The molecule has 2 aromatic carbocycles. The van der Waals surface area contributed by atoms with Crippen molar-refractivity contribution in [2.45, 2.75) is 64.7 Å². The number of carbonyl (C=O) groups is 3. The van der Waals surface area contributed by atoms with E-state index in [1.165, 1.54) is 9.12 Å². The largest absolute Gasteiger partial charge is 0.352 e. The van der Waals surface area contributed by atoms with E-state index < -0.39 is 6.04 Å². The van der Waals surface area contributed by atoms with Gasteiger partial charge >= 0.3 is 0 Å². The molecule has 174 valence electrons. The number of benzene rings is 2. The number of rotatable bonds is 10. The summed E-state index contributed by atoms with van der Waals surface area (Å²) in [6.07, 6.45) is 0.161. The number of nitrogens with one attached hydrogen (secondary N) is 4. The van der Waals surface area contributed by atoms with Gasteiger partial charge in [0.05, 0.1) is 6.42 Å². The lowest BCUT2D eigenvalue weighted by Gasteiger charge is -2.23. The number of hydrogen-bond acceptors (Lipinski definition) is 5. The molecule has 9 heteroatoms. The zero-order chi connectivity index (χ0) is 23.7. The number of hydrogen-bond donors (Lipinski definition) is 4.